The lowest BCUT2D eigenvalue weighted by Crippen LogP contribution is -2.42. The minimum absolute atomic E-state index is 0.142. The molecule has 0 atom stereocenters. The average Bonchev–Trinajstić information content (AvgIpc) is 3.02. The number of nitrogens with one attached hydrogen (secondary N) is 1. The minimum atomic E-state index is -0.751. The van der Waals surface area contributed by atoms with Gasteiger partial charge in [-0.15, -0.1) is 11.8 Å². The molecule has 1 amide bonds. The first-order valence-corrected chi connectivity index (χ1v) is 9.59. The van der Waals surface area contributed by atoms with E-state index in [0.717, 1.165) is 43.4 Å². The maximum Gasteiger partial charge on any atom is 0.303 e. The van der Waals surface area contributed by atoms with Crippen LogP contribution < -0.4 is 5.32 Å². The van der Waals surface area contributed by atoms with E-state index in [1.807, 2.05) is 0 Å². The third-order valence-corrected chi connectivity index (χ3v) is 6.00. The van der Waals surface area contributed by atoms with Crippen LogP contribution in [-0.2, 0) is 9.59 Å². The van der Waals surface area contributed by atoms with E-state index in [1.54, 1.807) is 11.8 Å². The average molecular weight is 349 g/mol. The van der Waals surface area contributed by atoms with Crippen molar-refractivity contribution in [1.29, 1.82) is 0 Å². The molecule has 24 heavy (non-hydrogen) atoms. The van der Waals surface area contributed by atoms with Gasteiger partial charge in [0.2, 0.25) is 5.91 Å². The van der Waals surface area contributed by atoms with Crippen LogP contribution in [0.25, 0.3) is 0 Å². The smallest absolute Gasteiger partial charge is 0.303 e. The summed E-state index contributed by atoms with van der Waals surface area (Å²) in [5.41, 5.74) is 1.23. The first-order chi connectivity index (χ1) is 11.5. The number of aliphatic carboxylic acids is 1. The number of carbonyl (C=O) groups is 2. The number of carbonyl (C=O) groups excluding carboxylic acids is 1. The topological polar surface area (TPSA) is 66.4 Å². The van der Waals surface area contributed by atoms with Crippen molar-refractivity contribution in [3.8, 4) is 0 Å². The molecule has 132 valence electrons. The van der Waals surface area contributed by atoms with Gasteiger partial charge in [-0.1, -0.05) is 37.0 Å². The van der Waals surface area contributed by atoms with Crippen LogP contribution in [0.4, 0.5) is 0 Å². The molecule has 1 fully saturated rings. The van der Waals surface area contributed by atoms with Gasteiger partial charge in [0, 0.05) is 17.9 Å². The summed E-state index contributed by atoms with van der Waals surface area (Å²) in [6.07, 6.45) is 6.62. The van der Waals surface area contributed by atoms with Crippen LogP contribution in [0, 0.1) is 6.92 Å². The van der Waals surface area contributed by atoms with Gasteiger partial charge >= 0.3 is 5.97 Å². The van der Waals surface area contributed by atoms with E-state index in [0.29, 0.717) is 13.0 Å². The minimum Gasteiger partial charge on any atom is -0.481 e. The summed E-state index contributed by atoms with van der Waals surface area (Å²) in [7, 11) is 0. The Morgan fingerprint density at radius 3 is 2.42 bits per heavy atom. The van der Waals surface area contributed by atoms with Gasteiger partial charge in [-0.2, -0.15) is 0 Å². The Labute approximate surface area is 148 Å². The van der Waals surface area contributed by atoms with Crippen LogP contribution in [0.2, 0.25) is 0 Å². The lowest BCUT2D eigenvalue weighted by Gasteiger charge is -2.27. The predicted octanol–water partition coefficient (Wildman–Crippen LogP) is 4.16. The SMILES string of the molecule is Cc1ccc(SC2(C(=O)NCCCCCC(=O)O)CCCC2)cc1. The molecule has 1 aromatic carbocycles. The standard InChI is InChI=1S/C19H27NO3S/c1-15-8-10-16(11-9-15)24-19(12-4-5-13-19)18(23)20-14-6-2-3-7-17(21)22/h8-11H,2-7,12-14H2,1H3,(H,20,23)(H,21,22). The summed E-state index contributed by atoms with van der Waals surface area (Å²) >= 11 is 1.70. The maximum atomic E-state index is 12.8. The molecule has 1 saturated carbocycles. The molecule has 2 rings (SSSR count). The maximum absolute atomic E-state index is 12.8. The molecule has 0 heterocycles. The van der Waals surface area contributed by atoms with Gasteiger partial charge in [0.05, 0.1) is 4.75 Å². The molecule has 1 aliphatic carbocycles. The molecule has 1 aliphatic rings. The van der Waals surface area contributed by atoms with E-state index in [2.05, 4.69) is 36.5 Å². The van der Waals surface area contributed by atoms with Crippen molar-refractivity contribution >= 4 is 23.6 Å². The molecular weight excluding hydrogens is 322 g/mol. The molecule has 0 aromatic heterocycles. The van der Waals surface area contributed by atoms with Crippen LogP contribution in [0.5, 0.6) is 0 Å². The number of hydrogen-bond acceptors (Lipinski definition) is 3. The lowest BCUT2D eigenvalue weighted by atomic mass is 10.1. The van der Waals surface area contributed by atoms with Crippen molar-refractivity contribution in [3.05, 3.63) is 29.8 Å². The summed E-state index contributed by atoms with van der Waals surface area (Å²) in [4.78, 5) is 24.4. The van der Waals surface area contributed by atoms with E-state index in [-0.39, 0.29) is 17.1 Å². The number of aryl methyl sites for hydroxylation is 1. The van der Waals surface area contributed by atoms with Crippen LogP contribution in [0.3, 0.4) is 0 Å². The fourth-order valence-electron chi connectivity index (χ4n) is 3.09. The Kier molecular flexibility index (Phi) is 7.16. The van der Waals surface area contributed by atoms with Crippen LogP contribution in [-0.4, -0.2) is 28.3 Å². The van der Waals surface area contributed by atoms with Gasteiger partial charge in [-0.05, 0) is 44.7 Å². The number of rotatable bonds is 9. The van der Waals surface area contributed by atoms with Crippen molar-refractivity contribution in [2.45, 2.75) is 67.9 Å². The van der Waals surface area contributed by atoms with Crippen molar-refractivity contribution in [3.63, 3.8) is 0 Å². The highest BCUT2D eigenvalue weighted by Crippen LogP contribution is 2.45. The predicted molar refractivity (Wildman–Crippen MR) is 97.3 cm³/mol. The second-order valence-corrected chi connectivity index (χ2v) is 8.03. The van der Waals surface area contributed by atoms with Gasteiger partial charge in [0.15, 0.2) is 0 Å². The van der Waals surface area contributed by atoms with Crippen LogP contribution in [0.1, 0.15) is 56.9 Å². The summed E-state index contributed by atoms with van der Waals surface area (Å²) in [6.45, 7) is 2.70. The third-order valence-electron chi connectivity index (χ3n) is 4.51. The molecule has 1 aromatic rings. The molecule has 0 unspecified atom stereocenters. The van der Waals surface area contributed by atoms with Crippen molar-refractivity contribution < 1.29 is 14.7 Å². The lowest BCUT2D eigenvalue weighted by molar-refractivity contribution is -0.137. The Bertz CT molecular complexity index is 550. The highest BCUT2D eigenvalue weighted by Gasteiger charge is 2.41. The van der Waals surface area contributed by atoms with Gasteiger partial charge in [-0.25, -0.2) is 0 Å². The molecule has 0 saturated heterocycles. The quantitative estimate of drug-likeness (QED) is 0.657. The molecule has 0 aliphatic heterocycles. The molecule has 0 spiro atoms. The van der Waals surface area contributed by atoms with E-state index in [1.165, 1.54) is 5.56 Å². The van der Waals surface area contributed by atoms with Crippen LogP contribution in [0.15, 0.2) is 29.2 Å². The second kappa shape index (κ2) is 9.11. The first kappa shape index (κ1) is 18.8. The highest BCUT2D eigenvalue weighted by atomic mass is 32.2. The Hall–Kier alpha value is -1.49. The second-order valence-electron chi connectivity index (χ2n) is 6.58. The van der Waals surface area contributed by atoms with Crippen LogP contribution >= 0.6 is 11.8 Å². The van der Waals surface area contributed by atoms with Gasteiger partial charge in [0.1, 0.15) is 0 Å². The number of hydrogen-bond donors (Lipinski definition) is 2. The highest BCUT2D eigenvalue weighted by molar-refractivity contribution is 8.01. The van der Waals surface area contributed by atoms with E-state index < -0.39 is 5.97 Å². The van der Waals surface area contributed by atoms with E-state index >= 15 is 0 Å². The first-order valence-electron chi connectivity index (χ1n) is 8.78. The monoisotopic (exact) mass is 349 g/mol. The van der Waals surface area contributed by atoms with E-state index in [4.69, 9.17) is 5.11 Å². The number of carboxylic acids is 1. The van der Waals surface area contributed by atoms with Crippen molar-refractivity contribution in [2.75, 3.05) is 6.54 Å². The van der Waals surface area contributed by atoms with Crippen molar-refractivity contribution in [2.24, 2.45) is 0 Å². The zero-order chi connectivity index (χ0) is 17.4. The normalized spacial score (nSPS) is 16.0. The van der Waals surface area contributed by atoms with Gasteiger partial charge in [-0.3, -0.25) is 9.59 Å². The molecule has 5 heteroatoms. The fraction of sp³-hybridized carbons (Fsp3) is 0.579. The molecule has 0 radical (unpaired) electrons. The Balaban J connectivity index is 1.83. The summed E-state index contributed by atoms with van der Waals surface area (Å²) in [5, 5.41) is 11.7. The number of amides is 1. The number of benzene rings is 1. The summed E-state index contributed by atoms with van der Waals surface area (Å²) in [5.74, 6) is -0.609. The zero-order valence-electron chi connectivity index (χ0n) is 14.3. The zero-order valence-corrected chi connectivity index (χ0v) is 15.2. The largest absolute Gasteiger partial charge is 0.481 e. The van der Waals surface area contributed by atoms with Crippen molar-refractivity contribution in [1.82, 2.24) is 5.32 Å². The Morgan fingerprint density at radius 1 is 1.12 bits per heavy atom. The number of unbranched alkanes of at least 4 members (excludes halogenated alkanes) is 2. The molecule has 4 nitrogen and oxygen atoms in total. The summed E-state index contributed by atoms with van der Waals surface area (Å²) in [6, 6.07) is 8.37. The van der Waals surface area contributed by atoms with Gasteiger partial charge in [0.25, 0.3) is 0 Å². The fourth-order valence-corrected chi connectivity index (χ4v) is 4.48. The molecule has 2 N–H and O–H groups in total. The summed E-state index contributed by atoms with van der Waals surface area (Å²) < 4.78 is -0.337. The van der Waals surface area contributed by atoms with Gasteiger partial charge < -0.3 is 10.4 Å². The molecule has 0 bridgehead atoms. The number of carboxylic acid groups (broad SMARTS) is 1. The number of thioether (sulfide) groups is 1. The molecular formula is C19H27NO3S. The Morgan fingerprint density at radius 2 is 1.79 bits per heavy atom. The van der Waals surface area contributed by atoms with E-state index in [9.17, 15) is 9.59 Å². The third kappa shape index (κ3) is 5.55.